The molecule has 2 aliphatic heterocycles. The zero-order valence-electron chi connectivity index (χ0n) is 24.6. The van der Waals surface area contributed by atoms with Gasteiger partial charge in [0.1, 0.15) is 5.82 Å². The number of hydrogen-bond acceptors (Lipinski definition) is 5. The number of carbonyl (C=O) groups excluding carboxylic acids is 1. The van der Waals surface area contributed by atoms with Gasteiger partial charge in [-0.05, 0) is 97.3 Å². The van der Waals surface area contributed by atoms with Gasteiger partial charge in [-0.25, -0.2) is 4.39 Å². The number of benzene rings is 1. The number of halogens is 1. The molecule has 0 spiro atoms. The third-order valence-electron chi connectivity index (χ3n) is 9.35. The average Bonchev–Trinajstić information content (AvgIpc) is 2.87. The Morgan fingerprint density at radius 2 is 1.58 bits per heavy atom. The number of carbonyl (C=O) groups is 1. The minimum absolute atomic E-state index is 0.00209. The smallest absolute Gasteiger partial charge is 0.226 e. The highest BCUT2D eigenvalue weighted by molar-refractivity contribution is 5.83. The highest BCUT2D eigenvalue weighted by atomic mass is 19.1. The van der Waals surface area contributed by atoms with E-state index in [-0.39, 0.29) is 34.8 Å². The zero-order valence-corrected chi connectivity index (χ0v) is 24.6. The summed E-state index contributed by atoms with van der Waals surface area (Å²) in [5.74, 6) is 0.311. The first kappa shape index (κ1) is 29.4. The van der Waals surface area contributed by atoms with Crippen LogP contribution < -0.4 is 5.32 Å². The van der Waals surface area contributed by atoms with Crippen molar-refractivity contribution in [1.82, 2.24) is 20.4 Å². The summed E-state index contributed by atoms with van der Waals surface area (Å²) in [6.45, 7) is 15.6. The lowest BCUT2D eigenvalue weighted by Crippen LogP contribution is -2.61. The first-order valence-corrected chi connectivity index (χ1v) is 14.8. The second-order valence-corrected chi connectivity index (χ2v) is 14.1. The summed E-state index contributed by atoms with van der Waals surface area (Å²) in [6, 6.07) is 6.49. The standard InChI is InChI=1S/C31H50FN4O2/c1-29(2,3)33-28(37)31(24-10-8-7-9-11-24)17-20-35(21-18-31)36(38)27-16-19-34(30(4,5)6)22-26(27)23-12-14-25(32)15-13-23/h12-15,24,26-27H,7-11,16-22H2,1-6H3,(H,33,37)/q-1/t26?,27-/m1/s1. The van der Waals surface area contributed by atoms with E-state index in [1.54, 1.807) is 0 Å². The Labute approximate surface area is 229 Å². The Kier molecular flexibility index (Phi) is 8.93. The average molecular weight is 530 g/mol. The van der Waals surface area contributed by atoms with Crippen molar-refractivity contribution in [2.24, 2.45) is 11.3 Å². The van der Waals surface area contributed by atoms with E-state index in [0.717, 1.165) is 50.8 Å². The number of rotatable bonds is 5. The van der Waals surface area contributed by atoms with E-state index in [1.165, 1.54) is 36.6 Å². The molecule has 0 aromatic heterocycles. The van der Waals surface area contributed by atoms with Gasteiger partial charge in [-0.1, -0.05) is 31.4 Å². The molecule has 3 aliphatic rings. The second-order valence-electron chi connectivity index (χ2n) is 14.1. The van der Waals surface area contributed by atoms with Gasteiger partial charge in [-0.3, -0.25) is 14.7 Å². The summed E-state index contributed by atoms with van der Waals surface area (Å²) in [4.78, 5) is 16.2. The molecule has 4 rings (SSSR count). The van der Waals surface area contributed by atoms with Gasteiger partial charge >= 0.3 is 0 Å². The Morgan fingerprint density at radius 1 is 0.974 bits per heavy atom. The van der Waals surface area contributed by atoms with Crippen molar-refractivity contribution in [2.45, 2.75) is 116 Å². The van der Waals surface area contributed by atoms with Crippen molar-refractivity contribution < 1.29 is 9.18 Å². The maximum atomic E-state index is 14.0. The quantitative estimate of drug-likeness (QED) is 0.469. The van der Waals surface area contributed by atoms with Crippen LogP contribution in [0.25, 0.3) is 0 Å². The lowest BCUT2D eigenvalue weighted by molar-refractivity contribution is -0.147. The Morgan fingerprint density at radius 3 is 2.13 bits per heavy atom. The van der Waals surface area contributed by atoms with Crippen molar-refractivity contribution in [3.63, 3.8) is 0 Å². The Balaban J connectivity index is 1.52. The molecule has 2 heterocycles. The van der Waals surface area contributed by atoms with Gasteiger partial charge in [0.25, 0.3) is 0 Å². The molecule has 0 radical (unpaired) electrons. The van der Waals surface area contributed by atoms with Crippen LogP contribution in [-0.2, 0) is 4.79 Å². The van der Waals surface area contributed by atoms with E-state index in [9.17, 15) is 14.4 Å². The predicted molar refractivity (Wildman–Crippen MR) is 152 cm³/mol. The van der Waals surface area contributed by atoms with Crippen molar-refractivity contribution in [3.8, 4) is 0 Å². The lowest BCUT2D eigenvalue weighted by atomic mass is 9.63. The number of likely N-dealkylation sites (tertiary alicyclic amines) is 1. The van der Waals surface area contributed by atoms with Crippen LogP contribution in [0.15, 0.2) is 24.3 Å². The summed E-state index contributed by atoms with van der Waals surface area (Å²) in [6.07, 6.45) is 8.06. The van der Waals surface area contributed by atoms with E-state index < -0.39 is 5.41 Å². The molecule has 1 aromatic carbocycles. The van der Waals surface area contributed by atoms with Gasteiger partial charge in [0, 0.05) is 49.2 Å². The van der Waals surface area contributed by atoms with Gasteiger partial charge < -0.3 is 15.7 Å². The van der Waals surface area contributed by atoms with Gasteiger partial charge in [0.05, 0.1) is 5.41 Å². The first-order valence-electron chi connectivity index (χ1n) is 14.8. The number of amides is 1. The number of nitrogens with one attached hydrogen (secondary N) is 1. The van der Waals surface area contributed by atoms with Gasteiger partial charge in [0.15, 0.2) is 0 Å². The third-order valence-corrected chi connectivity index (χ3v) is 9.35. The molecule has 1 unspecified atom stereocenters. The summed E-state index contributed by atoms with van der Waals surface area (Å²) >= 11 is 0. The van der Waals surface area contributed by atoms with Crippen LogP contribution in [0.2, 0.25) is 0 Å². The summed E-state index contributed by atoms with van der Waals surface area (Å²) < 4.78 is 13.7. The molecule has 7 heteroatoms. The van der Waals surface area contributed by atoms with E-state index in [4.69, 9.17) is 0 Å². The van der Waals surface area contributed by atoms with Crippen LogP contribution in [0.4, 0.5) is 4.39 Å². The zero-order chi connectivity index (χ0) is 27.7. The molecule has 2 saturated heterocycles. The summed E-state index contributed by atoms with van der Waals surface area (Å²) in [7, 11) is 0. The molecular formula is C31H50FN4O2-. The van der Waals surface area contributed by atoms with Crippen LogP contribution in [0.3, 0.4) is 0 Å². The van der Waals surface area contributed by atoms with Crippen molar-refractivity contribution in [3.05, 3.63) is 40.9 Å². The van der Waals surface area contributed by atoms with E-state index in [1.807, 2.05) is 37.9 Å². The summed E-state index contributed by atoms with van der Waals surface area (Å²) in [5, 5.41) is 20.5. The lowest BCUT2D eigenvalue weighted by Gasteiger charge is -2.56. The predicted octanol–water partition coefficient (Wildman–Crippen LogP) is 6.07. The van der Waals surface area contributed by atoms with Gasteiger partial charge in [0.2, 0.25) is 5.91 Å². The molecule has 1 amide bonds. The molecule has 1 aromatic rings. The van der Waals surface area contributed by atoms with Crippen molar-refractivity contribution >= 4 is 5.91 Å². The van der Waals surface area contributed by atoms with Gasteiger partial charge in [-0.15, -0.1) is 0 Å². The number of piperidine rings is 2. The van der Waals surface area contributed by atoms with Gasteiger partial charge in [-0.2, -0.15) is 0 Å². The van der Waals surface area contributed by atoms with Crippen molar-refractivity contribution in [2.75, 3.05) is 26.2 Å². The normalized spacial score (nSPS) is 26.4. The fourth-order valence-corrected chi connectivity index (χ4v) is 7.09. The van der Waals surface area contributed by atoms with Crippen LogP contribution >= 0.6 is 0 Å². The topological polar surface area (TPSA) is 61.9 Å². The number of hydrogen-bond donors (Lipinski definition) is 1. The minimum atomic E-state index is -0.392. The molecule has 38 heavy (non-hydrogen) atoms. The highest BCUT2D eigenvalue weighted by Gasteiger charge is 2.49. The Hall–Kier alpha value is -1.54. The molecular weight excluding hydrogens is 479 g/mol. The highest BCUT2D eigenvalue weighted by Crippen LogP contribution is 2.47. The SMILES string of the molecule is CC(C)(C)NC(=O)C1(C2CCCCC2)CCN(N([O-])[C@@H]2CCN(C(C)(C)C)CC2c2ccc(F)cc2)CC1. The van der Waals surface area contributed by atoms with Crippen LogP contribution in [-0.4, -0.2) is 64.3 Å². The van der Waals surface area contributed by atoms with Crippen LogP contribution in [0.5, 0.6) is 0 Å². The summed E-state index contributed by atoms with van der Waals surface area (Å²) in [5.41, 5.74) is 0.354. The number of nitrogens with zero attached hydrogens (tertiary/aromatic N) is 3. The first-order chi connectivity index (χ1) is 17.8. The molecule has 214 valence electrons. The molecule has 1 aliphatic carbocycles. The van der Waals surface area contributed by atoms with Crippen LogP contribution in [0, 0.1) is 22.4 Å². The molecule has 1 N–H and O–H groups in total. The third kappa shape index (κ3) is 6.60. The number of hydrazine groups is 1. The van der Waals surface area contributed by atoms with E-state index in [2.05, 4.69) is 31.0 Å². The molecule has 6 nitrogen and oxygen atoms in total. The fraction of sp³-hybridized carbons (Fsp3) is 0.774. The van der Waals surface area contributed by atoms with E-state index >= 15 is 0 Å². The monoisotopic (exact) mass is 529 g/mol. The largest absolute Gasteiger partial charge is 0.771 e. The maximum Gasteiger partial charge on any atom is 0.226 e. The second kappa shape index (κ2) is 11.5. The fourth-order valence-electron chi connectivity index (χ4n) is 7.09. The minimum Gasteiger partial charge on any atom is -0.771 e. The van der Waals surface area contributed by atoms with Crippen LogP contribution in [0.1, 0.15) is 104 Å². The van der Waals surface area contributed by atoms with E-state index in [0.29, 0.717) is 19.0 Å². The molecule has 1 saturated carbocycles. The number of hydroxylamine groups is 1. The molecule has 3 fully saturated rings. The maximum absolute atomic E-state index is 14.0. The molecule has 2 atom stereocenters. The van der Waals surface area contributed by atoms with Crippen molar-refractivity contribution in [1.29, 1.82) is 0 Å². The molecule has 0 bridgehead atoms. The Bertz CT molecular complexity index is 925.